The summed E-state index contributed by atoms with van der Waals surface area (Å²) in [7, 11) is -7.63. The molecule has 0 aliphatic carbocycles. The Morgan fingerprint density at radius 2 is 0.750 bits per heavy atom. The van der Waals surface area contributed by atoms with Gasteiger partial charge in [-0.25, -0.2) is 0 Å². The van der Waals surface area contributed by atoms with Crippen LogP contribution >= 0.6 is 24.1 Å². The monoisotopic (exact) mass is 309 g/mol. The molecule has 0 aliphatic heterocycles. The Morgan fingerprint density at radius 1 is 0.688 bits per heavy atom. The molecule has 3 N–H and O–H groups in total. The standard InChI is InChI=1S/3CH3O3P.Al/c3*2-1-5(3)4;/h3*2H,1H2;/q;;;+3. The Kier molecular flexibility index (Phi) is 33.3. The molecular formula is C3H9AlO9P3+3. The maximum Gasteiger partial charge on any atom is 3.00 e. The van der Waals surface area contributed by atoms with Gasteiger partial charge in [0, 0.05) is 0 Å². The van der Waals surface area contributed by atoms with Gasteiger partial charge >= 0.3 is 41.4 Å². The summed E-state index contributed by atoms with van der Waals surface area (Å²) in [5, 5.41) is 22.6. The number of aliphatic hydroxyl groups excluding tert-OH is 3. The van der Waals surface area contributed by atoms with E-state index in [-0.39, 0.29) is 17.4 Å². The smallest absolute Gasteiger partial charge is 0.594 e. The first kappa shape index (κ1) is 25.4. The van der Waals surface area contributed by atoms with Crippen LogP contribution in [0, 0.1) is 0 Å². The molecule has 0 aromatic heterocycles. The quantitative estimate of drug-likeness (QED) is 0.356. The minimum Gasteiger partial charge on any atom is -0.594 e. The van der Waals surface area contributed by atoms with Crippen LogP contribution in [0.25, 0.3) is 0 Å². The Bertz CT molecular complexity index is 165. The van der Waals surface area contributed by atoms with E-state index in [1.165, 1.54) is 0 Å². The fraction of sp³-hybridized carbons (Fsp3) is 1.00. The number of hydrogen-bond acceptors (Lipinski definition) is 9. The molecule has 0 aliphatic rings. The molecule has 0 rings (SSSR count). The first-order valence-corrected chi connectivity index (χ1v) is 7.08. The van der Waals surface area contributed by atoms with E-state index in [0.29, 0.717) is 0 Å². The van der Waals surface area contributed by atoms with E-state index >= 15 is 0 Å². The van der Waals surface area contributed by atoms with Gasteiger partial charge in [0.2, 0.25) is 19.0 Å². The van der Waals surface area contributed by atoms with E-state index in [2.05, 4.69) is 0 Å². The Balaban J connectivity index is -0.0000000655. The van der Waals surface area contributed by atoms with Crippen molar-refractivity contribution >= 4 is 41.4 Å². The van der Waals surface area contributed by atoms with Crippen molar-refractivity contribution in [3.05, 3.63) is 0 Å². The molecule has 0 amide bonds. The summed E-state index contributed by atoms with van der Waals surface area (Å²) in [6.07, 6.45) is -2.22. The summed E-state index contributed by atoms with van der Waals surface area (Å²) < 4.78 is 27.5. The fourth-order valence-corrected chi connectivity index (χ4v) is 0. The van der Waals surface area contributed by atoms with Gasteiger partial charge in [0.1, 0.15) is 0 Å². The molecule has 0 aromatic rings. The summed E-state index contributed by atoms with van der Waals surface area (Å²) in [5.74, 6) is 0. The molecule has 3 unspecified atom stereocenters. The van der Waals surface area contributed by atoms with Gasteiger partial charge in [-0.2, -0.15) is 0 Å². The molecule has 0 spiro atoms. The van der Waals surface area contributed by atoms with Crippen LogP contribution in [0.4, 0.5) is 0 Å². The van der Waals surface area contributed by atoms with Crippen LogP contribution in [0.2, 0.25) is 0 Å². The zero-order valence-electron chi connectivity index (χ0n) is 7.83. The number of hydrogen-bond donors (Lipinski definition) is 3. The first-order valence-electron chi connectivity index (χ1n) is 2.99. The summed E-state index contributed by atoms with van der Waals surface area (Å²) in [4.78, 5) is 27.5. The molecule has 0 fully saturated rings. The molecule has 0 radical (unpaired) electrons. The van der Waals surface area contributed by atoms with Crippen LogP contribution in [0.3, 0.4) is 0 Å². The third kappa shape index (κ3) is 62.0. The van der Waals surface area contributed by atoms with E-state index < -0.39 is 43.1 Å². The van der Waals surface area contributed by atoms with E-state index in [0.717, 1.165) is 0 Å². The van der Waals surface area contributed by atoms with Crippen molar-refractivity contribution in [2.24, 2.45) is 0 Å². The van der Waals surface area contributed by atoms with E-state index in [9.17, 15) is 0 Å². The molecule has 0 saturated carbocycles. The summed E-state index contributed by atoms with van der Waals surface area (Å²) in [6.45, 7) is 0. The van der Waals surface area contributed by atoms with E-state index in [1.54, 1.807) is 0 Å². The number of rotatable bonds is 3. The van der Waals surface area contributed by atoms with Crippen molar-refractivity contribution in [2.75, 3.05) is 19.0 Å². The van der Waals surface area contributed by atoms with Gasteiger partial charge in [0.25, 0.3) is 0 Å². The van der Waals surface area contributed by atoms with Crippen molar-refractivity contribution in [1.82, 2.24) is 0 Å². The molecule has 0 bridgehead atoms. The second kappa shape index (κ2) is 20.9. The average molecular weight is 309 g/mol. The maximum absolute atomic E-state index is 9.16. The Labute approximate surface area is 104 Å². The van der Waals surface area contributed by atoms with Crippen molar-refractivity contribution in [2.45, 2.75) is 0 Å². The van der Waals surface area contributed by atoms with Gasteiger partial charge < -0.3 is 30.0 Å². The van der Waals surface area contributed by atoms with Gasteiger partial charge in [0.15, 0.2) is 0 Å². The van der Waals surface area contributed by atoms with Gasteiger partial charge in [-0.05, 0) is 0 Å². The molecule has 0 heterocycles. The average Bonchev–Trinajstić information content (AvgIpc) is 2.19. The minimum absolute atomic E-state index is 0. The third-order valence-corrected chi connectivity index (χ3v) is 1.04. The molecule has 16 heavy (non-hydrogen) atoms. The van der Waals surface area contributed by atoms with Crippen molar-refractivity contribution in [3.8, 4) is 0 Å². The zero-order valence-corrected chi connectivity index (χ0v) is 11.7. The zero-order chi connectivity index (χ0) is 12.9. The predicted molar refractivity (Wildman–Crippen MR) is 49.8 cm³/mol. The second-order valence-electron chi connectivity index (χ2n) is 1.42. The Morgan fingerprint density at radius 3 is 0.750 bits per heavy atom. The molecule has 0 saturated heterocycles. The van der Waals surface area contributed by atoms with E-state index in [4.69, 9.17) is 43.7 Å². The summed E-state index contributed by atoms with van der Waals surface area (Å²) >= 11 is 0. The van der Waals surface area contributed by atoms with Crippen LogP contribution in [0.1, 0.15) is 0 Å². The van der Waals surface area contributed by atoms with Crippen LogP contribution < -0.4 is 14.7 Å². The fourth-order valence-electron chi connectivity index (χ4n) is 0. The molecule has 0 aromatic carbocycles. The molecular weight excluding hydrogens is 300 g/mol. The van der Waals surface area contributed by atoms with Gasteiger partial charge in [-0.15, -0.1) is 0 Å². The van der Waals surface area contributed by atoms with Crippen LogP contribution in [0.15, 0.2) is 0 Å². The predicted octanol–water partition coefficient (Wildman–Crippen LogP) is -3.26. The first-order chi connectivity index (χ1) is 6.81. The molecule has 13 heteroatoms. The van der Waals surface area contributed by atoms with E-state index in [1.807, 2.05) is 0 Å². The molecule has 9 nitrogen and oxygen atoms in total. The van der Waals surface area contributed by atoms with Crippen LogP contribution in [0.5, 0.6) is 0 Å². The SMILES string of the molecule is O=[P+]([O-])CO.O=[P+]([O-])CO.O=[P+]([O-])CO.[Al+3]. The van der Waals surface area contributed by atoms with Crippen molar-refractivity contribution in [3.63, 3.8) is 0 Å². The van der Waals surface area contributed by atoms with Crippen LogP contribution in [-0.4, -0.2) is 51.7 Å². The summed E-state index contributed by atoms with van der Waals surface area (Å²) in [5.41, 5.74) is 0. The largest absolute Gasteiger partial charge is 3.00 e. The Hall–Kier alpha value is 0.592. The van der Waals surface area contributed by atoms with Crippen molar-refractivity contribution < 1.29 is 43.7 Å². The maximum atomic E-state index is 9.16. The molecule has 3 atom stereocenters. The number of aliphatic hydroxyl groups is 3. The molecule has 90 valence electrons. The van der Waals surface area contributed by atoms with Gasteiger partial charge in [-0.3, -0.25) is 0 Å². The second-order valence-corrected chi connectivity index (χ2v) is 4.27. The summed E-state index contributed by atoms with van der Waals surface area (Å²) in [6, 6.07) is 0. The van der Waals surface area contributed by atoms with Crippen LogP contribution in [-0.2, 0) is 13.7 Å². The van der Waals surface area contributed by atoms with Gasteiger partial charge in [0.05, 0.1) is 0 Å². The van der Waals surface area contributed by atoms with Gasteiger partial charge in [-0.1, -0.05) is 13.7 Å². The normalized spacial score (nSPS) is 10.5. The third-order valence-electron chi connectivity index (χ3n) is 0.346. The topological polar surface area (TPSA) is 181 Å². The minimum atomic E-state index is -2.54. The van der Waals surface area contributed by atoms with Crippen molar-refractivity contribution in [1.29, 1.82) is 0 Å².